The normalized spacial score (nSPS) is 20.5. The molecule has 0 aromatic rings. The standard InChI is InChI=1S/C12H20ClN3/c1-4-12(13)15-10(2)9-11(3)16-7-5-14-6-8-16/h4,11,14H,1-2,5-9H2,3H3/b15-12+. The number of allylic oxidation sites excluding steroid dienone is 1. The summed E-state index contributed by atoms with van der Waals surface area (Å²) in [5.74, 6) is 0. The van der Waals surface area contributed by atoms with Crippen molar-refractivity contribution in [3.8, 4) is 0 Å². The van der Waals surface area contributed by atoms with Crippen LogP contribution in [0.4, 0.5) is 0 Å². The molecule has 0 aliphatic carbocycles. The van der Waals surface area contributed by atoms with Crippen LogP contribution in [0.5, 0.6) is 0 Å². The van der Waals surface area contributed by atoms with Crippen LogP contribution in [0.15, 0.2) is 29.9 Å². The smallest absolute Gasteiger partial charge is 0.128 e. The van der Waals surface area contributed by atoms with Gasteiger partial charge in [-0.25, -0.2) is 4.99 Å². The highest BCUT2D eigenvalue weighted by atomic mass is 35.5. The summed E-state index contributed by atoms with van der Waals surface area (Å²) in [7, 11) is 0. The zero-order valence-corrected chi connectivity index (χ0v) is 10.6. The van der Waals surface area contributed by atoms with E-state index in [1.807, 2.05) is 0 Å². The Bertz CT molecular complexity index is 280. The van der Waals surface area contributed by atoms with Gasteiger partial charge in [0.15, 0.2) is 0 Å². The summed E-state index contributed by atoms with van der Waals surface area (Å²) in [5, 5.41) is 3.75. The number of nitrogens with one attached hydrogen (secondary N) is 1. The van der Waals surface area contributed by atoms with E-state index >= 15 is 0 Å². The van der Waals surface area contributed by atoms with Gasteiger partial charge in [0, 0.05) is 44.3 Å². The number of aliphatic imine (C=N–C) groups is 1. The first-order valence-electron chi connectivity index (χ1n) is 5.62. The van der Waals surface area contributed by atoms with Crippen molar-refractivity contribution in [1.29, 1.82) is 0 Å². The molecule has 16 heavy (non-hydrogen) atoms. The zero-order chi connectivity index (χ0) is 12.0. The van der Waals surface area contributed by atoms with Gasteiger partial charge in [0.2, 0.25) is 0 Å². The molecular weight excluding hydrogens is 222 g/mol. The Labute approximate surface area is 103 Å². The molecule has 0 radical (unpaired) electrons. The van der Waals surface area contributed by atoms with E-state index in [0.29, 0.717) is 11.2 Å². The van der Waals surface area contributed by atoms with E-state index in [0.717, 1.165) is 38.3 Å². The number of rotatable bonds is 5. The van der Waals surface area contributed by atoms with Crippen molar-refractivity contribution in [3.63, 3.8) is 0 Å². The number of halogens is 1. The lowest BCUT2D eigenvalue weighted by molar-refractivity contribution is 0.183. The Balaban J connectivity index is 2.40. The van der Waals surface area contributed by atoms with Crippen molar-refractivity contribution < 1.29 is 0 Å². The summed E-state index contributed by atoms with van der Waals surface area (Å²) in [4.78, 5) is 6.60. The van der Waals surface area contributed by atoms with Crippen molar-refractivity contribution in [2.24, 2.45) is 4.99 Å². The summed E-state index contributed by atoms with van der Waals surface area (Å²) in [5.41, 5.74) is 0.816. The quantitative estimate of drug-likeness (QED) is 0.746. The second-order valence-corrected chi connectivity index (χ2v) is 4.43. The molecule has 1 heterocycles. The molecule has 0 saturated carbocycles. The molecule has 0 spiro atoms. The molecule has 1 aliphatic heterocycles. The summed E-state index contributed by atoms with van der Waals surface area (Å²) in [6, 6.07) is 0.465. The van der Waals surface area contributed by atoms with E-state index in [1.165, 1.54) is 6.08 Å². The van der Waals surface area contributed by atoms with Crippen molar-refractivity contribution >= 4 is 16.8 Å². The predicted molar refractivity (Wildman–Crippen MR) is 71.1 cm³/mol. The maximum atomic E-state index is 5.78. The van der Waals surface area contributed by atoms with Gasteiger partial charge in [-0.05, 0) is 13.0 Å². The van der Waals surface area contributed by atoms with E-state index in [-0.39, 0.29) is 0 Å². The molecule has 1 rings (SSSR count). The van der Waals surface area contributed by atoms with E-state index in [4.69, 9.17) is 11.6 Å². The highest BCUT2D eigenvalue weighted by molar-refractivity contribution is 6.68. The average Bonchev–Trinajstić information content (AvgIpc) is 2.29. The third-order valence-corrected chi connectivity index (χ3v) is 2.98. The summed E-state index contributed by atoms with van der Waals surface area (Å²) in [6.07, 6.45) is 2.38. The van der Waals surface area contributed by atoms with Crippen molar-refractivity contribution in [3.05, 3.63) is 24.9 Å². The van der Waals surface area contributed by atoms with Crippen LogP contribution in [0.25, 0.3) is 0 Å². The second-order valence-electron chi connectivity index (χ2n) is 4.04. The van der Waals surface area contributed by atoms with Gasteiger partial charge in [-0.1, -0.05) is 24.8 Å². The van der Waals surface area contributed by atoms with Crippen LogP contribution >= 0.6 is 11.6 Å². The molecule has 3 nitrogen and oxygen atoms in total. The van der Waals surface area contributed by atoms with Crippen LogP contribution in [0.1, 0.15) is 13.3 Å². The summed E-state index contributed by atoms with van der Waals surface area (Å²) >= 11 is 5.78. The lowest BCUT2D eigenvalue weighted by Gasteiger charge is -2.32. The molecule has 1 fully saturated rings. The van der Waals surface area contributed by atoms with E-state index in [1.54, 1.807) is 0 Å². The van der Waals surface area contributed by atoms with Gasteiger partial charge >= 0.3 is 0 Å². The molecule has 1 N–H and O–H groups in total. The van der Waals surface area contributed by atoms with E-state index < -0.39 is 0 Å². The Morgan fingerprint density at radius 1 is 1.56 bits per heavy atom. The molecule has 90 valence electrons. The topological polar surface area (TPSA) is 27.6 Å². The van der Waals surface area contributed by atoms with Crippen LogP contribution in [0, 0.1) is 0 Å². The predicted octanol–water partition coefficient (Wildman–Crippen LogP) is 2.01. The fourth-order valence-corrected chi connectivity index (χ4v) is 1.95. The summed E-state index contributed by atoms with van der Waals surface area (Å²) < 4.78 is 0. The molecule has 1 unspecified atom stereocenters. The molecule has 1 saturated heterocycles. The van der Waals surface area contributed by atoms with Gasteiger partial charge in [-0.2, -0.15) is 0 Å². The number of piperazine rings is 1. The Morgan fingerprint density at radius 3 is 2.75 bits per heavy atom. The minimum Gasteiger partial charge on any atom is -0.314 e. The highest BCUT2D eigenvalue weighted by Crippen LogP contribution is 2.12. The molecule has 1 aliphatic rings. The largest absolute Gasteiger partial charge is 0.314 e. The van der Waals surface area contributed by atoms with E-state index in [2.05, 4.69) is 35.3 Å². The highest BCUT2D eigenvalue weighted by Gasteiger charge is 2.16. The maximum Gasteiger partial charge on any atom is 0.128 e. The first kappa shape index (κ1) is 13.4. The molecule has 0 amide bonds. The van der Waals surface area contributed by atoms with Gasteiger partial charge in [0.1, 0.15) is 5.17 Å². The molecule has 0 bridgehead atoms. The van der Waals surface area contributed by atoms with Gasteiger partial charge < -0.3 is 5.32 Å². The van der Waals surface area contributed by atoms with Crippen LogP contribution in [0.3, 0.4) is 0 Å². The average molecular weight is 242 g/mol. The van der Waals surface area contributed by atoms with Crippen molar-refractivity contribution in [2.75, 3.05) is 26.2 Å². The number of hydrogen-bond acceptors (Lipinski definition) is 3. The zero-order valence-electron chi connectivity index (χ0n) is 9.88. The van der Waals surface area contributed by atoms with Crippen molar-refractivity contribution in [2.45, 2.75) is 19.4 Å². The fourth-order valence-electron chi connectivity index (χ4n) is 1.84. The molecule has 0 aromatic heterocycles. The summed E-state index contributed by atoms with van der Waals surface area (Å²) in [6.45, 7) is 14.0. The van der Waals surface area contributed by atoms with Gasteiger partial charge in [0.05, 0.1) is 0 Å². The Hall–Kier alpha value is -0.640. The second kappa shape index (κ2) is 6.84. The fraction of sp³-hybridized carbons (Fsp3) is 0.583. The first-order valence-corrected chi connectivity index (χ1v) is 6.00. The monoisotopic (exact) mass is 241 g/mol. The SMILES string of the molecule is C=C/C(Cl)=N\C(=C)CC(C)N1CCNCC1. The van der Waals surface area contributed by atoms with Crippen LogP contribution in [-0.2, 0) is 0 Å². The molecule has 0 aromatic carbocycles. The van der Waals surface area contributed by atoms with Gasteiger partial charge in [0.25, 0.3) is 0 Å². The lowest BCUT2D eigenvalue weighted by atomic mass is 10.1. The molecule has 1 atom stereocenters. The van der Waals surface area contributed by atoms with Crippen molar-refractivity contribution in [1.82, 2.24) is 10.2 Å². The number of nitrogens with zero attached hydrogens (tertiary/aromatic N) is 2. The third kappa shape index (κ3) is 4.47. The first-order chi connectivity index (χ1) is 7.63. The van der Waals surface area contributed by atoms with Crippen LogP contribution in [-0.4, -0.2) is 42.3 Å². The maximum absolute atomic E-state index is 5.78. The number of hydrogen-bond donors (Lipinski definition) is 1. The van der Waals surface area contributed by atoms with Crippen LogP contribution < -0.4 is 5.32 Å². The van der Waals surface area contributed by atoms with Gasteiger partial charge in [-0.3, -0.25) is 4.90 Å². The van der Waals surface area contributed by atoms with E-state index in [9.17, 15) is 0 Å². The molecule has 4 heteroatoms. The molecular formula is C12H20ClN3. The minimum absolute atomic E-state index is 0.414. The Kier molecular flexibility index (Phi) is 5.74. The van der Waals surface area contributed by atoms with Gasteiger partial charge in [-0.15, -0.1) is 0 Å². The Morgan fingerprint density at radius 2 is 2.19 bits per heavy atom. The third-order valence-electron chi connectivity index (χ3n) is 2.74. The minimum atomic E-state index is 0.414. The lowest BCUT2D eigenvalue weighted by Crippen LogP contribution is -2.47. The van der Waals surface area contributed by atoms with Crippen LogP contribution in [0.2, 0.25) is 0 Å².